The summed E-state index contributed by atoms with van der Waals surface area (Å²) >= 11 is 0. The van der Waals surface area contributed by atoms with Crippen molar-refractivity contribution in [3.8, 4) is 0 Å². The standard InChI is InChI=1S/C12H21N3O4/c13-10(16)4-3-9(12(18)19)14-11(17)5-8-15-6-1-2-7-15/h9H,1-8H2,(H2,13,16)(H,14,17)(H,18,19)/t9-/m0/s1. The first-order valence-corrected chi connectivity index (χ1v) is 6.52. The first kappa shape index (κ1) is 15.4. The summed E-state index contributed by atoms with van der Waals surface area (Å²) in [6, 6.07) is -1.04. The van der Waals surface area contributed by atoms with Gasteiger partial charge in [0.1, 0.15) is 6.04 Å². The van der Waals surface area contributed by atoms with Crippen molar-refractivity contribution in [3.63, 3.8) is 0 Å². The average Bonchev–Trinajstić information content (AvgIpc) is 2.84. The summed E-state index contributed by atoms with van der Waals surface area (Å²) < 4.78 is 0. The summed E-state index contributed by atoms with van der Waals surface area (Å²) in [5.41, 5.74) is 4.96. The van der Waals surface area contributed by atoms with Crippen molar-refractivity contribution in [1.82, 2.24) is 10.2 Å². The van der Waals surface area contributed by atoms with Gasteiger partial charge in [-0.2, -0.15) is 0 Å². The average molecular weight is 271 g/mol. The lowest BCUT2D eigenvalue weighted by Gasteiger charge is -2.16. The first-order valence-electron chi connectivity index (χ1n) is 6.52. The van der Waals surface area contributed by atoms with E-state index in [0.717, 1.165) is 25.9 Å². The topological polar surface area (TPSA) is 113 Å². The molecule has 1 saturated heterocycles. The number of hydrogen-bond acceptors (Lipinski definition) is 4. The second-order valence-electron chi connectivity index (χ2n) is 4.76. The third-order valence-corrected chi connectivity index (χ3v) is 3.17. The molecule has 0 spiro atoms. The Morgan fingerprint density at radius 3 is 2.37 bits per heavy atom. The van der Waals surface area contributed by atoms with Crippen LogP contribution in [0.15, 0.2) is 0 Å². The SMILES string of the molecule is NC(=O)CC[C@H](NC(=O)CCN1CCCC1)C(=O)O. The second-order valence-corrected chi connectivity index (χ2v) is 4.76. The minimum Gasteiger partial charge on any atom is -0.480 e. The van der Waals surface area contributed by atoms with Gasteiger partial charge >= 0.3 is 5.97 Å². The Kier molecular flexibility index (Phi) is 6.27. The van der Waals surface area contributed by atoms with Crippen LogP contribution in [0.2, 0.25) is 0 Å². The van der Waals surface area contributed by atoms with Gasteiger partial charge in [0.25, 0.3) is 0 Å². The van der Waals surface area contributed by atoms with Gasteiger partial charge in [0.15, 0.2) is 0 Å². The van der Waals surface area contributed by atoms with Crippen LogP contribution in [0.3, 0.4) is 0 Å². The summed E-state index contributed by atoms with van der Waals surface area (Å²) in [5.74, 6) is -2.02. The molecule has 1 heterocycles. The number of aliphatic carboxylic acids is 1. The Balaban J connectivity index is 2.29. The van der Waals surface area contributed by atoms with Gasteiger partial charge in [-0.05, 0) is 32.4 Å². The largest absolute Gasteiger partial charge is 0.480 e. The zero-order valence-electron chi connectivity index (χ0n) is 10.9. The van der Waals surface area contributed by atoms with E-state index in [9.17, 15) is 14.4 Å². The van der Waals surface area contributed by atoms with Crippen molar-refractivity contribution in [2.45, 2.75) is 38.1 Å². The van der Waals surface area contributed by atoms with Crippen LogP contribution < -0.4 is 11.1 Å². The van der Waals surface area contributed by atoms with Crippen LogP contribution in [0.5, 0.6) is 0 Å². The van der Waals surface area contributed by atoms with Crippen molar-refractivity contribution in [2.75, 3.05) is 19.6 Å². The molecule has 108 valence electrons. The normalized spacial score (nSPS) is 17.1. The van der Waals surface area contributed by atoms with E-state index in [-0.39, 0.29) is 25.2 Å². The molecule has 1 aliphatic heterocycles. The van der Waals surface area contributed by atoms with Crippen LogP contribution in [0.25, 0.3) is 0 Å². The molecule has 1 rings (SSSR count). The van der Waals surface area contributed by atoms with Gasteiger partial charge in [-0.25, -0.2) is 4.79 Å². The highest BCUT2D eigenvalue weighted by atomic mass is 16.4. The Hall–Kier alpha value is -1.63. The number of carbonyl (C=O) groups is 3. The molecule has 0 aromatic heterocycles. The van der Waals surface area contributed by atoms with Crippen molar-refractivity contribution >= 4 is 17.8 Å². The third kappa shape index (κ3) is 6.19. The van der Waals surface area contributed by atoms with Crippen LogP contribution in [-0.2, 0) is 14.4 Å². The van der Waals surface area contributed by atoms with E-state index in [4.69, 9.17) is 10.8 Å². The molecule has 0 bridgehead atoms. The van der Waals surface area contributed by atoms with Gasteiger partial charge in [-0.15, -0.1) is 0 Å². The molecule has 4 N–H and O–H groups in total. The van der Waals surface area contributed by atoms with Crippen LogP contribution in [0.1, 0.15) is 32.1 Å². The minimum atomic E-state index is -1.14. The molecule has 7 nitrogen and oxygen atoms in total. The summed E-state index contributed by atoms with van der Waals surface area (Å²) in [4.78, 5) is 35.4. The molecule has 0 aromatic carbocycles. The molecule has 1 aliphatic rings. The molecule has 0 aliphatic carbocycles. The maximum Gasteiger partial charge on any atom is 0.326 e. The first-order chi connectivity index (χ1) is 8.99. The summed E-state index contributed by atoms with van der Waals surface area (Å²) in [6.07, 6.45) is 2.56. The number of nitrogens with zero attached hydrogens (tertiary/aromatic N) is 1. The molecule has 19 heavy (non-hydrogen) atoms. The number of primary amides is 1. The molecule has 0 saturated carbocycles. The highest BCUT2D eigenvalue weighted by Crippen LogP contribution is 2.07. The van der Waals surface area contributed by atoms with Crippen LogP contribution in [0, 0.1) is 0 Å². The third-order valence-electron chi connectivity index (χ3n) is 3.17. The lowest BCUT2D eigenvalue weighted by atomic mass is 10.1. The molecule has 0 aromatic rings. The molecule has 0 unspecified atom stereocenters. The number of amides is 2. The quantitative estimate of drug-likeness (QED) is 0.540. The van der Waals surface area contributed by atoms with Crippen molar-refractivity contribution in [2.24, 2.45) is 5.73 Å². The number of carbonyl (C=O) groups excluding carboxylic acids is 2. The van der Waals surface area contributed by atoms with Gasteiger partial charge < -0.3 is 21.1 Å². The number of nitrogens with one attached hydrogen (secondary N) is 1. The molecule has 0 radical (unpaired) electrons. The van der Waals surface area contributed by atoms with E-state index in [0.29, 0.717) is 6.54 Å². The van der Waals surface area contributed by atoms with Gasteiger partial charge in [0.05, 0.1) is 0 Å². The van der Waals surface area contributed by atoms with Crippen LogP contribution >= 0.6 is 0 Å². The molecule has 1 fully saturated rings. The highest BCUT2D eigenvalue weighted by Gasteiger charge is 2.21. The van der Waals surface area contributed by atoms with E-state index in [1.807, 2.05) is 0 Å². The van der Waals surface area contributed by atoms with Gasteiger partial charge in [-0.3, -0.25) is 9.59 Å². The molecule has 2 amide bonds. The molecule has 7 heteroatoms. The Bertz CT molecular complexity index is 340. The number of rotatable bonds is 8. The van der Waals surface area contributed by atoms with E-state index >= 15 is 0 Å². The van der Waals surface area contributed by atoms with Crippen molar-refractivity contribution in [1.29, 1.82) is 0 Å². The number of nitrogens with two attached hydrogens (primary N) is 1. The Morgan fingerprint density at radius 1 is 1.21 bits per heavy atom. The summed E-state index contributed by atoms with van der Waals surface area (Å²) in [7, 11) is 0. The van der Waals surface area contributed by atoms with E-state index < -0.39 is 17.9 Å². The van der Waals surface area contributed by atoms with E-state index in [2.05, 4.69) is 10.2 Å². The predicted molar refractivity (Wildman–Crippen MR) is 68.3 cm³/mol. The number of likely N-dealkylation sites (tertiary alicyclic amines) is 1. The van der Waals surface area contributed by atoms with E-state index in [1.165, 1.54) is 0 Å². The Morgan fingerprint density at radius 2 is 1.84 bits per heavy atom. The van der Waals surface area contributed by atoms with Crippen molar-refractivity contribution in [3.05, 3.63) is 0 Å². The molecular formula is C12H21N3O4. The maximum atomic E-state index is 11.6. The van der Waals surface area contributed by atoms with Crippen molar-refractivity contribution < 1.29 is 19.5 Å². The number of carboxylic acids is 1. The minimum absolute atomic E-state index is 0.0279. The molecular weight excluding hydrogens is 250 g/mol. The summed E-state index contributed by atoms with van der Waals surface area (Å²) in [5, 5.41) is 11.4. The zero-order chi connectivity index (χ0) is 14.3. The highest BCUT2D eigenvalue weighted by molar-refractivity contribution is 5.84. The Labute approximate surface area is 112 Å². The fraction of sp³-hybridized carbons (Fsp3) is 0.750. The number of hydrogen-bond donors (Lipinski definition) is 3. The van der Waals surface area contributed by atoms with Gasteiger partial charge in [-0.1, -0.05) is 0 Å². The lowest BCUT2D eigenvalue weighted by Crippen LogP contribution is -2.42. The smallest absolute Gasteiger partial charge is 0.326 e. The summed E-state index contributed by atoms with van der Waals surface area (Å²) in [6.45, 7) is 2.64. The number of carboxylic acid groups (broad SMARTS) is 1. The van der Waals surface area contributed by atoms with Crippen LogP contribution in [-0.4, -0.2) is 53.5 Å². The monoisotopic (exact) mass is 271 g/mol. The predicted octanol–water partition coefficient (Wildman–Crippen LogP) is -0.693. The zero-order valence-corrected chi connectivity index (χ0v) is 10.9. The van der Waals surface area contributed by atoms with E-state index in [1.54, 1.807) is 0 Å². The fourth-order valence-corrected chi connectivity index (χ4v) is 2.08. The lowest BCUT2D eigenvalue weighted by molar-refractivity contribution is -0.142. The fourth-order valence-electron chi connectivity index (χ4n) is 2.08. The second kappa shape index (κ2) is 7.73. The van der Waals surface area contributed by atoms with Gasteiger partial charge in [0, 0.05) is 19.4 Å². The van der Waals surface area contributed by atoms with Crippen LogP contribution in [0.4, 0.5) is 0 Å². The molecule has 1 atom stereocenters. The van der Waals surface area contributed by atoms with Gasteiger partial charge in [0.2, 0.25) is 11.8 Å². The maximum absolute atomic E-state index is 11.6.